The fourth-order valence-corrected chi connectivity index (χ4v) is 2.02. The lowest BCUT2D eigenvalue weighted by Crippen LogP contribution is -2.06. The van der Waals surface area contributed by atoms with Gasteiger partial charge in [0, 0.05) is 12.1 Å². The van der Waals surface area contributed by atoms with Crippen molar-refractivity contribution in [3.8, 4) is 17.1 Å². The Kier molecular flexibility index (Phi) is 4.00. The van der Waals surface area contributed by atoms with E-state index in [4.69, 9.17) is 0 Å². The van der Waals surface area contributed by atoms with Gasteiger partial charge in [-0.3, -0.25) is 0 Å². The molecule has 0 atom stereocenters. The van der Waals surface area contributed by atoms with Crippen LogP contribution in [-0.4, -0.2) is 21.6 Å². The van der Waals surface area contributed by atoms with Gasteiger partial charge in [0.1, 0.15) is 11.6 Å². The van der Waals surface area contributed by atoms with Crippen molar-refractivity contribution >= 4 is 28.4 Å². The molecule has 1 aromatic carbocycles. The van der Waals surface area contributed by atoms with Crippen molar-refractivity contribution in [3.05, 3.63) is 33.5 Å². The molecular formula is C13H14IN3O. The minimum atomic E-state index is 0.243. The number of phenolic OH excluding ortho intramolecular Hbond substituents is 1. The molecule has 0 spiro atoms. The van der Waals surface area contributed by atoms with E-state index >= 15 is 0 Å². The third-order valence-electron chi connectivity index (χ3n) is 2.49. The molecule has 0 aliphatic heterocycles. The molecule has 0 radical (unpaired) electrons. The highest BCUT2D eigenvalue weighted by Gasteiger charge is 2.10. The van der Waals surface area contributed by atoms with Gasteiger partial charge in [-0.1, -0.05) is 0 Å². The van der Waals surface area contributed by atoms with Crippen LogP contribution >= 0.6 is 22.6 Å². The summed E-state index contributed by atoms with van der Waals surface area (Å²) in [6.45, 7) is 4.82. The molecule has 2 rings (SSSR count). The van der Waals surface area contributed by atoms with Gasteiger partial charge in [-0.25, -0.2) is 9.97 Å². The molecule has 0 saturated heterocycles. The maximum Gasteiger partial charge on any atom is 0.161 e. The first-order valence-corrected chi connectivity index (χ1v) is 6.77. The molecule has 1 aromatic heterocycles. The number of phenols is 1. The van der Waals surface area contributed by atoms with Crippen molar-refractivity contribution in [2.24, 2.45) is 0 Å². The first-order valence-electron chi connectivity index (χ1n) is 5.69. The van der Waals surface area contributed by atoms with Gasteiger partial charge in [0.25, 0.3) is 0 Å². The lowest BCUT2D eigenvalue weighted by atomic mass is 10.2. The van der Waals surface area contributed by atoms with E-state index in [1.165, 1.54) is 0 Å². The van der Waals surface area contributed by atoms with Gasteiger partial charge in [-0.15, -0.1) is 0 Å². The van der Waals surface area contributed by atoms with Crippen molar-refractivity contribution < 1.29 is 5.11 Å². The SMILES string of the molecule is CCNc1nc(-c2ccc(O)cc2)nc(C)c1I. The first-order chi connectivity index (χ1) is 8.61. The number of aromatic hydroxyl groups is 1. The van der Waals surface area contributed by atoms with Crippen LogP contribution < -0.4 is 5.32 Å². The Labute approximate surface area is 120 Å². The molecule has 2 aromatic rings. The van der Waals surface area contributed by atoms with Crippen molar-refractivity contribution in [3.63, 3.8) is 0 Å². The fourth-order valence-electron chi connectivity index (χ4n) is 1.58. The Morgan fingerprint density at radius 1 is 1.22 bits per heavy atom. The van der Waals surface area contributed by atoms with Crippen LogP contribution in [0.5, 0.6) is 5.75 Å². The smallest absolute Gasteiger partial charge is 0.161 e. The van der Waals surface area contributed by atoms with E-state index in [1.54, 1.807) is 12.1 Å². The number of benzene rings is 1. The standard InChI is InChI=1S/C13H14IN3O/c1-3-15-13-11(14)8(2)16-12(17-13)9-4-6-10(18)7-5-9/h4-7,18H,3H2,1-2H3,(H,15,16,17). The maximum absolute atomic E-state index is 9.29. The van der Waals surface area contributed by atoms with Crippen LogP contribution in [0.1, 0.15) is 12.6 Å². The van der Waals surface area contributed by atoms with E-state index in [0.29, 0.717) is 5.82 Å². The second kappa shape index (κ2) is 5.51. The van der Waals surface area contributed by atoms with Gasteiger partial charge in [0.2, 0.25) is 0 Å². The van der Waals surface area contributed by atoms with Gasteiger partial charge in [-0.2, -0.15) is 0 Å². The van der Waals surface area contributed by atoms with Gasteiger partial charge >= 0.3 is 0 Å². The van der Waals surface area contributed by atoms with Gasteiger partial charge in [0.15, 0.2) is 5.82 Å². The van der Waals surface area contributed by atoms with E-state index in [1.807, 2.05) is 26.0 Å². The van der Waals surface area contributed by atoms with E-state index in [2.05, 4.69) is 37.9 Å². The molecule has 0 amide bonds. The van der Waals surface area contributed by atoms with Crippen molar-refractivity contribution in [2.45, 2.75) is 13.8 Å². The quantitative estimate of drug-likeness (QED) is 0.831. The summed E-state index contributed by atoms with van der Waals surface area (Å²) in [6, 6.07) is 6.90. The molecule has 0 aliphatic carbocycles. The summed E-state index contributed by atoms with van der Waals surface area (Å²) < 4.78 is 1.04. The molecule has 0 bridgehead atoms. The number of hydrogen-bond donors (Lipinski definition) is 2. The number of anilines is 1. The van der Waals surface area contributed by atoms with Gasteiger partial charge < -0.3 is 10.4 Å². The summed E-state index contributed by atoms with van der Waals surface area (Å²) in [5.41, 5.74) is 1.84. The molecule has 0 aliphatic rings. The zero-order chi connectivity index (χ0) is 13.1. The third-order valence-corrected chi connectivity index (χ3v) is 3.78. The Morgan fingerprint density at radius 2 is 1.89 bits per heavy atom. The number of nitrogens with zero attached hydrogens (tertiary/aromatic N) is 2. The third kappa shape index (κ3) is 2.72. The van der Waals surface area contributed by atoms with E-state index in [-0.39, 0.29) is 5.75 Å². The molecule has 18 heavy (non-hydrogen) atoms. The van der Waals surface area contributed by atoms with Crippen molar-refractivity contribution in [1.82, 2.24) is 9.97 Å². The topological polar surface area (TPSA) is 58.0 Å². The zero-order valence-corrected chi connectivity index (χ0v) is 12.4. The molecular weight excluding hydrogens is 341 g/mol. The largest absolute Gasteiger partial charge is 0.508 e. The monoisotopic (exact) mass is 355 g/mol. The number of hydrogen-bond acceptors (Lipinski definition) is 4. The van der Waals surface area contributed by atoms with Crippen LogP contribution in [0.2, 0.25) is 0 Å². The van der Waals surface area contributed by atoms with Crippen LogP contribution in [-0.2, 0) is 0 Å². The van der Waals surface area contributed by atoms with Gasteiger partial charge in [0.05, 0.1) is 9.26 Å². The highest BCUT2D eigenvalue weighted by molar-refractivity contribution is 14.1. The lowest BCUT2D eigenvalue weighted by Gasteiger charge is -2.10. The minimum Gasteiger partial charge on any atom is -0.508 e. The van der Waals surface area contributed by atoms with Crippen LogP contribution in [0.15, 0.2) is 24.3 Å². The summed E-state index contributed by atoms with van der Waals surface area (Å²) in [7, 11) is 0. The number of nitrogens with one attached hydrogen (secondary N) is 1. The summed E-state index contributed by atoms with van der Waals surface area (Å²) in [5.74, 6) is 1.77. The van der Waals surface area contributed by atoms with Crippen LogP contribution in [0.4, 0.5) is 5.82 Å². The van der Waals surface area contributed by atoms with E-state index in [0.717, 1.165) is 27.2 Å². The number of aromatic nitrogens is 2. The van der Waals surface area contributed by atoms with Crippen molar-refractivity contribution in [1.29, 1.82) is 0 Å². The lowest BCUT2D eigenvalue weighted by molar-refractivity contribution is 0.475. The molecule has 0 fully saturated rings. The predicted octanol–water partition coefficient (Wildman–Crippen LogP) is 3.19. The highest BCUT2D eigenvalue weighted by atomic mass is 127. The number of rotatable bonds is 3. The zero-order valence-electron chi connectivity index (χ0n) is 10.2. The molecule has 94 valence electrons. The summed E-state index contributed by atoms with van der Waals surface area (Å²) in [5, 5.41) is 12.5. The average Bonchev–Trinajstić information content (AvgIpc) is 2.36. The van der Waals surface area contributed by atoms with Crippen LogP contribution in [0.25, 0.3) is 11.4 Å². The Hall–Kier alpha value is -1.37. The van der Waals surface area contributed by atoms with E-state index in [9.17, 15) is 5.11 Å². The Morgan fingerprint density at radius 3 is 2.50 bits per heavy atom. The second-order valence-corrected chi connectivity index (χ2v) is 4.95. The minimum absolute atomic E-state index is 0.243. The Balaban J connectivity index is 2.48. The van der Waals surface area contributed by atoms with E-state index < -0.39 is 0 Å². The first kappa shape index (κ1) is 13.1. The predicted molar refractivity (Wildman–Crippen MR) is 80.8 cm³/mol. The van der Waals surface area contributed by atoms with Crippen LogP contribution in [0, 0.1) is 10.5 Å². The fraction of sp³-hybridized carbons (Fsp3) is 0.231. The van der Waals surface area contributed by atoms with Gasteiger partial charge in [-0.05, 0) is 60.7 Å². The molecule has 4 nitrogen and oxygen atoms in total. The second-order valence-electron chi connectivity index (χ2n) is 3.87. The number of aryl methyl sites for hydroxylation is 1. The Bertz CT molecular complexity index is 555. The molecule has 5 heteroatoms. The highest BCUT2D eigenvalue weighted by Crippen LogP contribution is 2.24. The molecule has 2 N–H and O–H groups in total. The summed E-state index contributed by atoms with van der Waals surface area (Å²) in [6.07, 6.45) is 0. The maximum atomic E-state index is 9.29. The molecule has 0 unspecified atom stereocenters. The molecule has 0 saturated carbocycles. The normalized spacial score (nSPS) is 10.4. The van der Waals surface area contributed by atoms with Crippen molar-refractivity contribution in [2.75, 3.05) is 11.9 Å². The summed E-state index contributed by atoms with van der Waals surface area (Å²) in [4.78, 5) is 8.99. The number of halogens is 1. The average molecular weight is 355 g/mol. The van der Waals surface area contributed by atoms with Crippen LogP contribution in [0.3, 0.4) is 0 Å². The molecule has 1 heterocycles. The summed E-state index contributed by atoms with van der Waals surface area (Å²) >= 11 is 2.24.